The minimum atomic E-state index is -0.322. The van der Waals surface area contributed by atoms with E-state index in [1.807, 2.05) is 24.4 Å². The Morgan fingerprint density at radius 2 is 2.45 bits per heavy atom. The quantitative estimate of drug-likeness (QED) is 0.878. The van der Waals surface area contributed by atoms with Crippen molar-refractivity contribution in [2.24, 2.45) is 0 Å². The van der Waals surface area contributed by atoms with E-state index in [9.17, 15) is 4.79 Å². The highest BCUT2D eigenvalue weighted by Gasteiger charge is 2.34. The lowest BCUT2D eigenvalue weighted by Gasteiger charge is -2.27. The molecule has 0 bridgehead atoms. The summed E-state index contributed by atoms with van der Waals surface area (Å²) in [5.74, 6) is 0.311. The molecule has 1 aliphatic rings. The molecule has 0 saturated heterocycles. The Morgan fingerprint density at radius 3 is 3.15 bits per heavy atom. The van der Waals surface area contributed by atoms with Gasteiger partial charge in [-0.2, -0.15) is 10.1 Å². The Balaban J connectivity index is 2.12. The Kier molecular flexibility index (Phi) is 3.27. The van der Waals surface area contributed by atoms with Gasteiger partial charge in [-0.15, -0.1) is 11.3 Å². The lowest BCUT2D eigenvalue weighted by molar-refractivity contribution is -0.139. The lowest BCUT2D eigenvalue weighted by atomic mass is 10.0. The third kappa shape index (κ3) is 2.00. The van der Waals surface area contributed by atoms with E-state index in [0.717, 1.165) is 10.6 Å². The van der Waals surface area contributed by atoms with Gasteiger partial charge in [0.15, 0.2) is 0 Å². The standard InChI is InChI=1S/C13H14N4O2S/c1-3-19-12(18)10-8(2)16-13-14-7-15-17(13)11(10)9-5-4-6-20-9/h4-7,11H,3H2,1-2H3,(H,14,15,16)/t11-/m0/s1. The van der Waals surface area contributed by atoms with Crippen LogP contribution in [-0.4, -0.2) is 27.3 Å². The van der Waals surface area contributed by atoms with Gasteiger partial charge in [-0.25, -0.2) is 9.48 Å². The second-order valence-electron chi connectivity index (χ2n) is 4.33. The zero-order chi connectivity index (χ0) is 14.1. The van der Waals surface area contributed by atoms with Crippen LogP contribution in [0.1, 0.15) is 24.8 Å². The number of ether oxygens (including phenoxy) is 1. The van der Waals surface area contributed by atoms with Gasteiger partial charge in [0.05, 0.1) is 12.2 Å². The fraction of sp³-hybridized carbons (Fsp3) is 0.308. The molecule has 1 N–H and O–H groups in total. The van der Waals surface area contributed by atoms with E-state index in [2.05, 4.69) is 15.4 Å². The maximum Gasteiger partial charge on any atom is 0.338 e. The van der Waals surface area contributed by atoms with Crippen molar-refractivity contribution in [2.75, 3.05) is 11.9 Å². The predicted molar refractivity (Wildman–Crippen MR) is 75.4 cm³/mol. The topological polar surface area (TPSA) is 69.0 Å². The number of nitrogens with one attached hydrogen (secondary N) is 1. The number of carbonyl (C=O) groups is 1. The van der Waals surface area contributed by atoms with Crippen molar-refractivity contribution in [3.63, 3.8) is 0 Å². The van der Waals surface area contributed by atoms with Crippen molar-refractivity contribution >= 4 is 23.3 Å². The Hall–Kier alpha value is -2.15. The van der Waals surface area contributed by atoms with Gasteiger partial charge in [0.2, 0.25) is 5.95 Å². The second kappa shape index (κ2) is 5.09. The predicted octanol–water partition coefficient (Wildman–Crippen LogP) is 2.19. The van der Waals surface area contributed by atoms with Crippen molar-refractivity contribution in [1.29, 1.82) is 0 Å². The molecule has 104 valence electrons. The summed E-state index contributed by atoms with van der Waals surface area (Å²) in [5.41, 5.74) is 1.33. The Morgan fingerprint density at radius 1 is 1.60 bits per heavy atom. The number of esters is 1. The fourth-order valence-electron chi connectivity index (χ4n) is 2.27. The summed E-state index contributed by atoms with van der Waals surface area (Å²) in [4.78, 5) is 17.5. The average molecular weight is 290 g/mol. The van der Waals surface area contributed by atoms with E-state index < -0.39 is 0 Å². The van der Waals surface area contributed by atoms with Crippen LogP contribution < -0.4 is 5.32 Å². The molecule has 0 aromatic carbocycles. The van der Waals surface area contributed by atoms with Crippen LogP contribution in [0.5, 0.6) is 0 Å². The van der Waals surface area contributed by atoms with E-state index in [-0.39, 0.29) is 12.0 Å². The molecular weight excluding hydrogens is 276 g/mol. The summed E-state index contributed by atoms with van der Waals surface area (Å²) in [7, 11) is 0. The van der Waals surface area contributed by atoms with E-state index in [1.165, 1.54) is 6.33 Å². The van der Waals surface area contributed by atoms with Gasteiger partial charge in [0.25, 0.3) is 0 Å². The fourth-order valence-corrected chi connectivity index (χ4v) is 3.09. The third-order valence-corrected chi connectivity index (χ3v) is 4.03. The number of thiophene rings is 1. The summed E-state index contributed by atoms with van der Waals surface area (Å²) in [6, 6.07) is 3.66. The molecule has 0 spiro atoms. The lowest BCUT2D eigenvalue weighted by Crippen LogP contribution is -2.29. The van der Waals surface area contributed by atoms with Crippen molar-refractivity contribution in [1.82, 2.24) is 14.8 Å². The second-order valence-corrected chi connectivity index (χ2v) is 5.31. The first-order chi connectivity index (χ1) is 9.72. The van der Waals surface area contributed by atoms with Crippen LogP contribution in [0.25, 0.3) is 0 Å². The van der Waals surface area contributed by atoms with Crippen LogP contribution in [0.2, 0.25) is 0 Å². The van der Waals surface area contributed by atoms with Gasteiger partial charge < -0.3 is 10.1 Å². The normalized spacial score (nSPS) is 17.6. The monoisotopic (exact) mass is 290 g/mol. The number of hydrogen-bond donors (Lipinski definition) is 1. The van der Waals surface area contributed by atoms with Crippen molar-refractivity contribution < 1.29 is 9.53 Å². The number of hydrogen-bond acceptors (Lipinski definition) is 6. The molecule has 3 rings (SSSR count). The van der Waals surface area contributed by atoms with Crippen LogP contribution in [0.3, 0.4) is 0 Å². The average Bonchev–Trinajstić information content (AvgIpc) is 3.07. The van der Waals surface area contributed by atoms with Gasteiger partial charge in [-0.3, -0.25) is 0 Å². The summed E-state index contributed by atoms with van der Waals surface area (Å²) in [6.07, 6.45) is 1.48. The molecule has 0 unspecified atom stereocenters. The Labute approximate surface area is 120 Å². The van der Waals surface area contributed by atoms with E-state index in [1.54, 1.807) is 22.9 Å². The molecule has 0 fully saturated rings. The van der Waals surface area contributed by atoms with Gasteiger partial charge in [-0.05, 0) is 25.3 Å². The molecule has 0 saturated carbocycles. The van der Waals surface area contributed by atoms with Crippen molar-refractivity contribution in [3.8, 4) is 0 Å². The number of anilines is 1. The van der Waals surface area contributed by atoms with Gasteiger partial charge in [0.1, 0.15) is 12.4 Å². The zero-order valence-electron chi connectivity index (χ0n) is 11.2. The van der Waals surface area contributed by atoms with Gasteiger partial charge in [0, 0.05) is 10.6 Å². The molecule has 3 heterocycles. The maximum atomic E-state index is 12.3. The summed E-state index contributed by atoms with van der Waals surface area (Å²) < 4.78 is 6.89. The molecule has 6 nitrogen and oxygen atoms in total. The highest BCUT2D eigenvalue weighted by atomic mass is 32.1. The van der Waals surface area contributed by atoms with Gasteiger partial charge in [-0.1, -0.05) is 6.07 Å². The minimum Gasteiger partial charge on any atom is -0.463 e. The summed E-state index contributed by atoms with van der Waals surface area (Å²) >= 11 is 1.58. The summed E-state index contributed by atoms with van der Waals surface area (Å²) in [5, 5.41) is 9.30. The number of allylic oxidation sites excluding steroid dienone is 1. The first-order valence-electron chi connectivity index (χ1n) is 6.30. The number of fused-ring (bicyclic) bond motifs is 1. The minimum absolute atomic E-state index is 0.284. The van der Waals surface area contributed by atoms with Crippen molar-refractivity contribution in [3.05, 3.63) is 40.0 Å². The molecular formula is C13H14N4O2S. The largest absolute Gasteiger partial charge is 0.463 e. The summed E-state index contributed by atoms with van der Waals surface area (Å²) in [6.45, 7) is 3.99. The van der Waals surface area contributed by atoms with Crippen molar-refractivity contribution in [2.45, 2.75) is 19.9 Å². The molecule has 1 atom stereocenters. The van der Waals surface area contributed by atoms with E-state index >= 15 is 0 Å². The molecule has 2 aromatic heterocycles. The molecule has 20 heavy (non-hydrogen) atoms. The smallest absolute Gasteiger partial charge is 0.338 e. The zero-order valence-corrected chi connectivity index (χ0v) is 12.0. The molecule has 1 aliphatic heterocycles. The van der Waals surface area contributed by atoms with Gasteiger partial charge >= 0.3 is 5.97 Å². The van der Waals surface area contributed by atoms with E-state index in [0.29, 0.717) is 18.1 Å². The first-order valence-corrected chi connectivity index (χ1v) is 7.18. The number of rotatable bonds is 3. The van der Waals surface area contributed by atoms with Crippen LogP contribution in [0.15, 0.2) is 35.1 Å². The SMILES string of the molecule is CCOC(=O)C1=C(C)Nc2ncnn2[C@H]1c1cccs1. The van der Waals surface area contributed by atoms with Crippen LogP contribution in [0.4, 0.5) is 5.95 Å². The van der Waals surface area contributed by atoms with Crippen LogP contribution in [-0.2, 0) is 9.53 Å². The number of aromatic nitrogens is 3. The molecule has 0 aliphatic carbocycles. The molecule has 0 amide bonds. The van der Waals surface area contributed by atoms with Crippen LogP contribution >= 0.6 is 11.3 Å². The number of nitrogens with zero attached hydrogens (tertiary/aromatic N) is 3. The highest BCUT2D eigenvalue weighted by molar-refractivity contribution is 7.10. The van der Waals surface area contributed by atoms with E-state index in [4.69, 9.17) is 4.74 Å². The molecule has 2 aromatic rings. The molecule has 0 radical (unpaired) electrons. The maximum absolute atomic E-state index is 12.3. The Bertz CT molecular complexity index is 660. The first kappa shape index (κ1) is 12.9. The van der Waals surface area contributed by atoms with Crippen LogP contribution in [0, 0.1) is 0 Å². The molecule has 7 heteroatoms. The highest BCUT2D eigenvalue weighted by Crippen LogP contribution is 2.36. The number of carbonyl (C=O) groups excluding carboxylic acids is 1. The third-order valence-electron chi connectivity index (χ3n) is 3.10.